The third-order valence-corrected chi connectivity index (χ3v) is 14.7. The second-order valence-electron chi connectivity index (χ2n) is 22.7. The Morgan fingerprint density at radius 1 is 0.253 bits per heavy atom. The molecule has 1 unspecified atom stereocenters. The fourth-order valence-corrected chi connectivity index (χ4v) is 9.53. The molecule has 83 heavy (non-hydrogen) atoms. The molecule has 0 spiro atoms. The van der Waals surface area contributed by atoms with Crippen molar-refractivity contribution in [3.05, 3.63) is 134 Å². The molecule has 0 fully saturated rings. The average Bonchev–Trinajstić information content (AvgIpc) is 3.49. The van der Waals surface area contributed by atoms with Crippen LogP contribution in [0, 0.1) is 0 Å². The van der Waals surface area contributed by atoms with Crippen molar-refractivity contribution in [2.45, 2.75) is 322 Å². The van der Waals surface area contributed by atoms with Gasteiger partial charge in [-0.15, -0.1) is 0 Å². The molecule has 0 aliphatic rings. The third-order valence-electron chi connectivity index (χ3n) is 14.7. The van der Waals surface area contributed by atoms with E-state index in [0.717, 1.165) is 128 Å². The topological polar surface area (TPSA) is 78.9 Å². The predicted molar refractivity (Wildman–Crippen MR) is 362 cm³/mol. The highest BCUT2D eigenvalue weighted by molar-refractivity contribution is 5.71. The SMILES string of the molecule is CC/C=C\C/C=C\C/C=C\C/C=C\C/C=C\C/C=C\C/C=C\CCCCCCCCCCCCCC(=O)OCC(COC(=O)CCCC/C=C\C/C=C\C/C=C\C/C=C\CC)OC(=O)CCCCCCCCCCCCCCCCCCC. The largest absolute Gasteiger partial charge is 0.462 e. The van der Waals surface area contributed by atoms with Gasteiger partial charge in [0.1, 0.15) is 13.2 Å². The van der Waals surface area contributed by atoms with E-state index in [1.807, 2.05) is 0 Å². The lowest BCUT2D eigenvalue weighted by atomic mass is 10.0. The molecule has 0 aromatic rings. The van der Waals surface area contributed by atoms with Crippen molar-refractivity contribution >= 4 is 17.9 Å². The summed E-state index contributed by atoms with van der Waals surface area (Å²) < 4.78 is 16.9. The van der Waals surface area contributed by atoms with Crippen LogP contribution in [0.3, 0.4) is 0 Å². The number of hydrogen-bond donors (Lipinski definition) is 0. The van der Waals surface area contributed by atoms with E-state index in [1.165, 1.54) is 148 Å². The van der Waals surface area contributed by atoms with E-state index in [1.54, 1.807) is 0 Å². The van der Waals surface area contributed by atoms with Gasteiger partial charge in [0.2, 0.25) is 0 Å². The maximum Gasteiger partial charge on any atom is 0.306 e. The van der Waals surface area contributed by atoms with E-state index < -0.39 is 6.10 Å². The first-order valence-corrected chi connectivity index (χ1v) is 34.7. The Morgan fingerprint density at radius 3 is 0.759 bits per heavy atom. The first-order valence-electron chi connectivity index (χ1n) is 34.7. The van der Waals surface area contributed by atoms with Crippen LogP contribution in [-0.2, 0) is 28.6 Å². The summed E-state index contributed by atoms with van der Waals surface area (Å²) in [5, 5.41) is 0. The third kappa shape index (κ3) is 68.2. The van der Waals surface area contributed by atoms with Gasteiger partial charge in [0, 0.05) is 19.3 Å². The Balaban J connectivity index is 4.29. The molecule has 0 bridgehead atoms. The summed E-state index contributed by atoms with van der Waals surface area (Å²) in [5.74, 6) is -0.928. The molecule has 0 amide bonds. The molecular formula is C77H128O6. The van der Waals surface area contributed by atoms with Crippen molar-refractivity contribution in [2.24, 2.45) is 0 Å². The molecule has 0 rings (SSSR count). The van der Waals surface area contributed by atoms with Crippen molar-refractivity contribution in [2.75, 3.05) is 13.2 Å². The number of esters is 3. The van der Waals surface area contributed by atoms with Crippen LogP contribution in [0.5, 0.6) is 0 Å². The highest BCUT2D eigenvalue weighted by atomic mass is 16.6. The fraction of sp³-hybridized carbons (Fsp3) is 0.675. The molecule has 0 radical (unpaired) electrons. The number of carbonyl (C=O) groups excluding carboxylic acids is 3. The van der Waals surface area contributed by atoms with Gasteiger partial charge in [-0.1, -0.05) is 315 Å². The van der Waals surface area contributed by atoms with Gasteiger partial charge in [-0.05, 0) is 116 Å². The molecule has 0 aromatic carbocycles. The smallest absolute Gasteiger partial charge is 0.306 e. The summed E-state index contributed by atoms with van der Waals surface area (Å²) >= 11 is 0. The minimum atomic E-state index is -0.799. The van der Waals surface area contributed by atoms with Gasteiger partial charge in [-0.25, -0.2) is 0 Å². The van der Waals surface area contributed by atoms with Gasteiger partial charge < -0.3 is 14.2 Å². The molecule has 0 aromatic heterocycles. The zero-order valence-electron chi connectivity index (χ0n) is 54.2. The second-order valence-corrected chi connectivity index (χ2v) is 22.7. The molecule has 1 atom stereocenters. The molecule has 0 aliphatic heterocycles. The normalized spacial score (nSPS) is 13.0. The van der Waals surface area contributed by atoms with Gasteiger partial charge >= 0.3 is 17.9 Å². The number of rotatable bonds is 62. The van der Waals surface area contributed by atoms with Crippen LogP contribution in [0.1, 0.15) is 316 Å². The summed E-state index contributed by atoms with van der Waals surface area (Å²) in [7, 11) is 0. The summed E-state index contributed by atoms with van der Waals surface area (Å²) in [5.41, 5.74) is 0. The zero-order chi connectivity index (χ0) is 59.9. The highest BCUT2D eigenvalue weighted by Gasteiger charge is 2.19. The first-order chi connectivity index (χ1) is 41.0. The maximum absolute atomic E-state index is 12.9. The summed E-state index contributed by atoms with van der Waals surface area (Å²) in [6.45, 7) is 6.40. The molecule has 472 valence electrons. The van der Waals surface area contributed by atoms with E-state index >= 15 is 0 Å². The van der Waals surface area contributed by atoms with E-state index in [2.05, 4.69) is 154 Å². The van der Waals surface area contributed by atoms with Crippen molar-refractivity contribution in [1.82, 2.24) is 0 Å². The van der Waals surface area contributed by atoms with Crippen LogP contribution in [0.15, 0.2) is 134 Å². The van der Waals surface area contributed by atoms with Crippen LogP contribution >= 0.6 is 0 Å². The van der Waals surface area contributed by atoms with Crippen LogP contribution in [-0.4, -0.2) is 37.2 Å². The summed E-state index contributed by atoms with van der Waals surface area (Å²) in [4.78, 5) is 38.4. The number of allylic oxidation sites excluding steroid dienone is 22. The second kappa shape index (κ2) is 70.0. The lowest BCUT2D eigenvalue weighted by molar-refractivity contribution is -0.167. The molecule has 6 heteroatoms. The molecular weight excluding hydrogens is 1020 g/mol. The Labute approximate surface area is 513 Å². The van der Waals surface area contributed by atoms with E-state index in [-0.39, 0.29) is 31.1 Å². The maximum atomic E-state index is 12.9. The lowest BCUT2D eigenvalue weighted by Gasteiger charge is -2.18. The minimum Gasteiger partial charge on any atom is -0.462 e. The summed E-state index contributed by atoms with van der Waals surface area (Å²) in [6.07, 6.45) is 99.1. The fourth-order valence-electron chi connectivity index (χ4n) is 9.53. The van der Waals surface area contributed by atoms with Crippen LogP contribution in [0.2, 0.25) is 0 Å². The minimum absolute atomic E-state index is 0.0928. The molecule has 0 heterocycles. The van der Waals surface area contributed by atoms with Gasteiger partial charge in [-0.2, -0.15) is 0 Å². The van der Waals surface area contributed by atoms with Crippen LogP contribution in [0.4, 0.5) is 0 Å². The van der Waals surface area contributed by atoms with E-state index in [9.17, 15) is 14.4 Å². The zero-order valence-corrected chi connectivity index (χ0v) is 54.2. The van der Waals surface area contributed by atoms with E-state index in [0.29, 0.717) is 19.3 Å². The van der Waals surface area contributed by atoms with Crippen LogP contribution in [0.25, 0.3) is 0 Å². The number of unbranched alkanes of at least 4 members (excludes halogenated alkanes) is 29. The van der Waals surface area contributed by atoms with E-state index in [4.69, 9.17) is 14.2 Å². The molecule has 0 saturated heterocycles. The van der Waals surface area contributed by atoms with Gasteiger partial charge in [0.15, 0.2) is 6.10 Å². The van der Waals surface area contributed by atoms with Crippen molar-refractivity contribution < 1.29 is 28.6 Å². The Kier molecular flexibility index (Phi) is 66.3. The molecule has 0 aliphatic carbocycles. The summed E-state index contributed by atoms with van der Waals surface area (Å²) in [6, 6.07) is 0. The highest BCUT2D eigenvalue weighted by Crippen LogP contribution is 2.17. The van der Waals surface area contributed by atoms with Crippen LogP contribution < -0.4 is 0 Å². The van der Waals surface area contributed by atoms with Gasteiger partial charge in [0.25, 0.3) is 0 Å². The van der Waals surface area contributed by atoms with Gasteiger partial charge in [0.05, 0.1) is 0 Å². The predicted octanol–water partition coefficient (Wildman–Crippen LogP) is 24.1. The Hall–Kier alpha value is -4.45. The molecule has 0 N–H and O–H groups in total. The van der Waals surface area contributed by atoms with Crippen molar-refractivity contribution in [1.29, 1.82) is 0 Å². The standard InChI is InChI=1S/C77H128O6/c1-4-7-10-13-16-19-22-25-28-30-31-32-33-34-35-36-37-38-39-40-41-42-43-44-45-47-49-52-55-58-61-64-67-70-76(79)82-73-74(72-81-75(78)69-66-63-60-57-54-51-48-27-24-21-18-15-12-9-6-3)83-77(80)71-68-65-62-59-56-53-50-46-29-26-23-20-17-14-11-8-5-2/h7,9-10,12,16,18-19,21,25,27-28,31-32,34-35,37-38,40-41,48,54,57,74H,4-6,8,11,13-15,17,20,22-24,26,29-30,33,36,39,42-47,49-53,55-56,58-73H2,1-3H3/b10-7-,12-9-,19-16-,21-18-,28-25-,32-31-,35-34-,38-37-,41-40-,48-27-,57-54-. The average molecular weight is 1150 g/mol. The van der Waals surface area contributed by atoms with Crippen molar-refractivity contribution in [3.63, 3.8) is 0 Å². The molecule has 0 saturated carbocycles. The lowest BCUT2D eigenvalue weighted by Crippen LogP contribution is -2.30. The Bertz CT molecular complexity index is 1750. The number of ether oxygens (including phenoxy) is 3. The number of carbonyl (C=O) groups is 3. The quantitative estimate of drug-likeness (QED) is 0.0261. The van der Waals surface area contributed by atoms with Crippen molar-refractivity contribution in [3.8, 4) is 0 Å². The van der Waals surface area contributed by atoms with Gasteiger partial charge in [-0.3, -0.25) is 14.4 Å². The molecule has 6 nitrogen and oxygen atoms in total. The first kappa shape index (κ1) is 78.5. The number of hydrogen-bond acceptors (Lipinski definition) is 6. The monoisotopic (exact) mass is 1150 g/mol. The Morgan fingerprint density at radius 2 is 0.470 bits per heavy atom.